The van der Waals surface area contributed by atoms with Gasteiger partial charge >= 0.3 is 0 Å². The van der Waals surface area contributed by atoms with Gasteiger partial charge in [0.15, 0.2) is 0 Å². The number of hydrogen-bond acceptors (Lipinski definition) is 3. The van der Waals surface area contributed by atoms with Crippen LogP contribution in [0.25, 0.3) is 0 Å². The topological polar surface area (TPSA) is 23.5 Å². The van der Waals surface area contributed by atoms with Crippen LogP contribution in [-0.4, -0.2) is 12.2 Å². The molecule has 0 spiro atoms. The molecule has 2 rings (SSSR count). The van der Waals surface area contributed by atoms with Crippen LogP contribution in [0.1, 0.15) is 10.4 Å². The molecule has 0 aliphatic heterocycles. The van der Waals surface area contributed by atoms with Crippen molar-refractivity contribution >= 4 is 33.0 Å². The Bertz CT molecular complexity index is 484. The minimum Gasteiger partial charge on any atom is -0.392 e. The Morgan fingerprint density at radius 1 is 1.35 bits per heavy atom. The van der Waals surface area contributed by atoms with E-state index in [1.54, 1.807) is 11.3 Å². The molecule has 0 aliphatic rings. The number of rotatable bonds is 4. The Morgan fingerprint density at radius 3 is 2.82 bits per heavy atom. The van der Waals surface area contributed by atoms with Gasteiger partial charge in [0, 0.05) is 27.6 Å². The lowest BCUT2D eigenvalue weighted by Crippen LogP contribution is -2.17. The molecule has 0 amide bonds. The largest absolute Gasteiger partial charge is 0.392 e. The third kappa shape index (κ3) is 3.09. The smallest absolute Gasteiger partial charge is 0.0702 e. The second-order valence-corrected chi connectivity index (χ2v) is 5.81. The maximum atomic E-state index is 9.34. The average molecular weight is 312 g/mol. The maximum Gasteiger partial charge on any atom is 0.0702 e. The predicted octanol–water partition coefficient (Wildman–Crippen LogP) is 3.64. The van der Waals surface area contributed by atoms with E-state index < -0.39 is 0 Å². The summed E-state index contributed by atoms with van der Waals surface area (Å²) < 4.78 is 1.03. The van der Waals surface area contributed by atoms with E-state index in [9.17, 15) is 5.11 Å². The van der Waals surface area contributed by atoms with Crippen molar-refractivity contribution in [3.8, 4) is 0 Å². The van der Waals surface area contributed by atoms with Crippen molar-refractivity contribution in [2.45, 2.75) is 13.2 Å². The first-order valence-electron chi connectivity index (χ1n) is 5.33. The summed E-state index contributed by atoms with van der Waals surface area (Å²) in [5.74, 6) is 0. The SMILES string of the molecule is CN(Cc1cccs1)c1cc(Br)ccc1CO. The van der Waals surface area contributed by atoms with Gasteiger partial charge in [-0.2, -0.15) is 0 Å². The highest BCUT2D eigenvalue weighted by Crippen LogP contribution is 2.26. The van der Waals surface area contributed by atoms with Gasteiger partial charge in [-0.1, -0.05) is 28.1 Å². The highest BCUT2D eigenvalue weighted by Gasteiger charge is 2.08. The second kappa shape index (κ2) is 5.67. The Hall–Kier alpha value is -0.840. The van der Waals surface area contributed by atoms with Crippen molar-refractivity contribution in [1.29, 1.82) is 0 Å². The van der Waals surface area contributed by atoms with Gasteiger partial charge in [-0.05, 0) is 23.6 Å². The number of anilines is 1. The summed E-state index contributed by atoms with van der Waals surface area (Å²) in [5.41, 5.74) is 2.02. The molecule has 2 aromatic rings. The van der Waals surface area contributed by atoms with E-state index in [1.807, 2.05) is 25.2 Å². The van der Waals surface area contributed by atoms with Crippen LogP contribution < -0.4 is 4.90 Å². The maximum absolute atomic E-state index is 9.34. The van der Waals surface area contributed by atoms with Crippen LogP contribution >= 0.6 is 27.3 Å². The van der Waals surface area contributed by atoms with Crippen molar-refractivity contribution in [2.75, 3.05) is 11.9 Å². The van der Waals surface area contributed by atoms with Crippen LogP contribution in [0.3, 0.4) is 0 Å². The molecule has 1 heterocycles. The molecular formula is C13H14BrNOS. The highest BCUT2D eigenvalue weighted by molar-refractivity contribution is 9.10. The first-order chi connectivity index (χ1) is 8.20. The highest BCUT2D eigenvalue weighted by atomic mass is 79.9. The van der Waals surface area contributed by atoms with Crippen molar-refractivity contribution in [1.82, 2.24) is 0 Å². The number of hydrogen-bond donors (Lipinski definition) is 1. The van der Waals surface area contributed by atoms with E-state index in [0.29, 0.717) is 0 Å². The molecule has 1 aromatic carbocycles. The van der Waals surface area contributed by atoms with Crippen molar-refractivity contribution in [2.24, 2.45) is 0 Å². The van der Waals surface area contributed by atoms with Crippen LogP contribution in [0.5, 0.6) is 0 Å². The number of halogens is 1. The Balaban J connectivity index is 2.23. The van der Waals surface area contributed by atoms with Crippen molar-refractivity contribution < 1.29 is 5.11 Å². The zero-order valence-electron chi connectivity index (χ0n) is 9.56. The van der Waals surface area contributed by atoms with Crippen LogP contribution in [0, 0.1) is 0 Å². The molecule has 0 saturated heterocycles. The van der Waals surface area contributed by atoms with E-state index in [4.69, 9.17) is 0 Å². The zero-order valence-corrected chi connectivity index (χ0v) is 12.0. The summed E-state index contributed by atoms with van der Waals surface area (Å²) >= 11 is 5.21. The van der Waals surface area contributed by atoms with E-state index in [2.05, 4.69) is 38.3 Å². The van der Waals surface area contributed by atoms with Gasteiger partial charge in [0.1, 0.15) is 0 Å². The van der Waals surface area contributed by atoms with Crippen LogP contribution in [-0.2, 0) is 13.2 Å². The standard InChI is InChI=1S/C13H14BrNOS/c1-15(8-12-3-2-6-17-12)13-7-11(14)5-4-10(13)9-16/h2-7,16H,8-9H2,1H3. The molecular weight excluding hydrogens is 298 g/mol. The fourth-order valence-corrected chi connectivity index (χ4v) is 2.85. The third-order valence-electron chi connectivity index (χ3n) is 2.60. The first kappa shape index (κ1) is 12.6. The quantitative estimate of drug-likeness (QED) is 0.932. The van der Waals surface area contributed by atoms with E-state index in [-0.39, 0.29) is 6.61 Å². The number of aliphatic hydroxyl groups excluding tert-OH is 1. The lowest BCUT2D eigenvalue weighted by atomic mass is 10.1. The molecule has 4 heteroatoms. The molecule has 90 valence electrons. The van der Waals surface area contributed by atoms with Gasteiger partial charge in [0.2, 0.25) is 0 Å². The van der Waals surface area contributed by atoms with Crippen LogP contribution in [0.15, 0.2) is 40.2 Å². The van der Waals surface area contributed by atoms with Crippen molar-refractivity contribution in [3.05, 3.63) is 50.6 Å². The number of thiophene rings is 1. The fourth-order valence-electron chi connectivity index (χ4n) is 1.75. The first-order valence-corrected chi connectivity index (χ1v) is 7.01. The zero-order chi connectivity index (χ0) is 12.3. The van der Waals surface area contributed by atoms with E-state index >= 15 is 0 Å². The van der Waals surface area contributed by atoms with Crippen LogP contribution in [0.4, 0.5) is 5.69 Å². The molecule has 1 N–H and O–H groups in total. The van der Waals surface area contributed by atoms with Gasteiger partial charge in [-0.25, -0.2) is 0 Å². The molecule has 0 bridgehead atoms. The summed E-state index contributed by atoms with van der Waals surface area (Å²) in [6.45, 7) is 0.929. The lowest BCUT2D eigenvalue weighted by molar-refractivity contribution is 0.282. The van der Waals surface area contributed by atoms with E-state index in [0.717, 1.165) is 22.3 Å². The van der Waals surface area contributed by atoms with Crippen LogP contribution in [0.2, 0.25) is 0 Å². The van der Waals surface area contributed by atoms with E-state index in [1.165, 1.54) is 4.88 Å². The molecule has 0 unspecified atom stereocenters. The molecule has 0 aliphatic carbocycles. The minimum atomic E-state index is 0.0669. The lowest BCUT2D eigenvalue weighted by Gasteiger charge is -2.21. The third-order valence-corrected chi connectivity index (χ3v) is 3.96. The van der Waals surface area contributed by atoms with Gasteiger partial charge in [0.05, 0.1) is 13.2 Å². The number of nitrogens with zero attached hydrogens (tertiary/aromatic N) is 1. The van der Waals surface area contributed by atoms with Gasteiger partial charge in [-0.3, -0.25) is 0 Å². The number of benzene rings is 1. The second-order valence-electron chi connectivity index (χ2n) is 3.87. The minimum absolute atomic E-state index is 0.0669. The summed E-state index contributed by atoms with van der Waals surface area (Å²) in [6.07, 6.45) is 0. The normalized spacial score (nSPS) is 10.5. The molecule has 0 fully saturated rings. The van der Waals surface area contributed by atoms with Crippen molar-refractivity contribution in [3.63, 3.8) is 0 Å². The predicted molar refractivity (Wildman–Crippen MR) is 76.5 cm³/mol. The van der Waals surface area contributed by atoms with Gasteiger partial charge in [0.25, 0.3) is 0 Å². The molecule has 1 aromatic heterocycles. The summed E-state index contributed by atoms with van der Waals surface area (Å²) in [5, 5.41) is 11.4. The summed E-state index contributed by atoms with van der Waals surface area (Å²) in [4.78, 5) is 3.47. The Kier molecular flexibility index (Phi) is 4.20. The molecule has 0 atom stereocenters. The van der Waals surface area contributed by atoms with Gasteiger partial charge in [-0.15, -0.1) is 11.3 Å². The number of aliphatic hydroxyl groups is 1. The Labute approximate surface area is 114 Å². The molecule has 2 nitrogen and oxygen atoms in total. The fraction of sp³-hybridized carbons (Fsp3) is 0.231. The molecule has 0 saturated carbocycles. The average Bonchev–Trinajstić information content (AvgIpc) is 2.81. The monoisotopic (exact) mass is 311 g/mol. The summed E-state index contributed by atoms with van der Waals surface area (Å²) in [6, 6.07) is 10.1. The van der Waals surface area contributed by atoms with Gasteiger partial charge < -0.3 is 10.0 Å². The molecule has 17 heavy (non-hydrogen) atoms. The Morgan fingerprint density at radius 2 is 2.18 bits per heavy atom. The molecule has 0 radical (unpaired) electrons. The summed E-state index contributed by atoms with van der Waals surface area (Å²) in [7, 11) is 2.04.